The number of aryl methyl sites for hydroxylation is 2. The summed E-state index contributed by atoms with van der Waals surface area (Å²) in [5.74, 6) is 0.620. The molecule has 1 aliphatic carbocycles. The molecule has 2 unspecified atom stereocenters. The highest BCUT2D eigenvalue weighted by Crippen LogP contribution is 2.37. The molecule has 2 aromatic rings. The Balaban J connectivity index is 1.81. The highest BCUT2D eigenvalue weighted by atomic mass is 14.6. The molecule has 0 aliphatic heterocycles. The summed E-state index contributed by atoms with van der Waals surface area (Å²) in [4.78, 5) is 0. The van der Waals surface area contributed by atoms with Gasteiger partial charge in [-0.15, -0.1) is 0 Å². The van der Waals surface area contributed by atoms with Crippen LogP contribution in [0.5, 0.6) is 0 Å². The summed E-state index contributed by atoms with van der Waals surface area (Å²) in [5.41, 5.74) is 12.2. The fourth-order valence-electron chi connectivity index (χ4n) is 3.54. The predicted molar refractivity (Wildman–Crippen MR) is 84.8 cm³/mol. The third-order valence-corrected chi connectivity index (χ3v) is 4.62. The van der Waals surface area contributed by atoms with Crippen LogP contribution in [0.3, 0.4) is 0 Å². The van der Waals surface area contributed by atoms with E-state index in [2.05, 4.69) is 55.5 Å². The number of rotatable bonds is 3. The number of benzene rings is 2. The molecule has 3 rings (SSSR count). The van der Waals surface area contributed by atoms with Gasteiger partial charge in [0.15, 0.2) is 0 Å². The maximum Gasteiger partial charge on any atom is 0.0303 e. The molecule has 0 amide bonds. The van der Waals surface area contributed by atoms with Crippen LogP contribution in [-0.2, 0) is 6.42 Å². The van der Waals surface area contributed by atoms with Crippen LogP contribution in [0.2, 0.25) is 0 Å². The smallest absolute Gasteiger partial charge is 0.0303 e. The quantitative estimate of drug-likeness (QED) is 0.868. The molecule has 0 aromatic heterocycles. The van der Waals surface area contributed by atoms with E-state index in [9.17, 15) is 0 Å². The van der Waals surface area contributed by atoms with Gasteiger partial charge in [0.2, 0.25) is 0 Å². The molecule has 1 heteroatoms. The molecule has 0 fully saturated rings. The minimum Gasteiger partial charge on any atom is -0.324 e. The van der Waals surface area contributed by atoms with Crippen molar-refractivity contribution in [2.75, 3.05) is 0 Å². The Morgan fingerprint density at radius 1 is 1.10 bits per heavy atom. The van der Waals surface area contributed by atoms with Gasteiger partial charge < -0.3 is 5.73 Å². The van der Waals surface area contributed by atoms with Crippen LogP contribution in [0.1, 0.15) is 53.5 Å². The van der Waals surface area contributed by atoms with Gasteiger partial charge in [0.25, 0.3) is 0 Å². The molecule has 0 spiro atoms. The van der Waals surface area contributed by atoms with Crippen molar-refractivity contribution in [2.45, 2.75) is 44.6 Å². The monoisotopic (exact) mass is 265 g/mol. The molecule has 1 aliphatic rings. The first kappa shape index (κ1) is 13.4. The van der Waals surface area contributed by atoms with Crippen molar-refractivity contribution in [3.8, 4) is 0 Å². The Kier molecular flexibility index (Phi) is 3.88. The summed E-state index contributed by atoms with van der Waals surface area (Å²) >= 11 is 0. The lowest BCUT2D eigenvalue weighted by molar-refractivity contribution is 0.475. The van der Waals surface area contributed by atoms with E-state index < -0.39 is 0 Å². The average molecular weight is 265 g/mol. The minimum absolute atomic E-state index is 0.146. The number of hydrogen-bond acceptors (Lipinski definition) is 1. The summed E-state index contributed by atoms with van der Waals surface area (Å²) in [7, 11) is 0. The third kappa shape index (κ3) is 2.64. The molecule has 0 saturated carbocycles. The van der Waals surface area contributed by atoms with Crippen molar-refractivity contribution >= 4 is 0 Å². The van der Waals surface area contributed by atoms with E-state index in [1.54, 1.807) is 0 Å². The van der Waals surface area contributed by atoms with Crippen molar-refractivity contribution in [3.63, 3.8) is 0 Å². The van der Waals surface area contributed by atoms with Crippen molar-refractivity contribution in [1.29, 1.82) is 0 Å². The highest BCUT2D eigenvalue weighted by Gasteiger charge is 2.22. The highest BCUT2D eigenvalue weighted by molar-refractivity contribution is 5.34. The van der Waals surface area contributed by atoms with Gasteiger partial charge in [-0.05, 0) is 60.8 Å². The number of nitrogens with two attached hydrogens (primary N) is 1. The maximum atomic E-state index is 6.48. The van der Waals surface area contributed by atoms with Crippen LogP contribution in [0, 0.1) is 6.92 Å². The molecule has 2 N–H and O–H groups in total. The van der Waals surface area contributed by atoms with E-state index in [0.29, 0.717) is 5.92 Å². The molecular weight excluding hydrogens is 242 g/mol. The average Bonchev–Trinajstić information content (AvgIpc) is 2.48. The Morgan fingerprint density at radius 2 is 1.85 bits per heavy atom. The summed E-state index contributed by atoms with van der Waals surface area (Å²) < 4.78 is 0. The van der Waals surface area contributed by atoms with Gasteiger partial charge in [0.1, 0.15) is 0 Å². The standard InChI is InChI=1S/C19H23N/c1-14-7-2-4-11-17(14)19(20)13-16-10-6-9-15-8-3-5-12-18(15)16/h2-5,7-8,11-12,16,19H,6,9-10,13,20H2,1H3. The van der Waals surface area contributed by atoms with Gasteiger partial charge in [0, 0.05) is 6.04 Å². The number of hydrogen-bond donors (Lipinski definition) is 1. The summed E-state index contributed by atoms with van der Waals surface area (Å²) in [5, 5.41) is 0. The van der Waals surface area contributed by atoms with E-state index in [1.807, 2.05) is 0 Å². The van der Waals surface area contributed by atoms with E-state index in [4.69, 9.17) is 5.73 Å². The first-order valence-corrected chi connectivity index (χ1v) is 7.64. The van der Waals surface area contributed by atoms with Crippen LogP contribution < -0.4 is 5.73 Å². The van der Waals surface area contributed by atoms with E-state index in [0.717, 1.165) is 6.42 Å². The van der Waals surface area contributed by atoms with Crippen molar-refractivity contribution in [3.05, 3.63) is 70.8 Å². The SMILES string of the molecule is Cc1ccccc1C(N)CC1CCCc2ccccc21. The molecule has 2 aromatic carbocycles. The fourth-order valence-corrected chi connectivity index (χ4v) is 3.54. The summed E-state index contributed by atoms with van der Waals surface area (Å²) in [6.45, 7) is 2.16. The largest absolute Gasteiger partial charge is 0.324 e. The fraction of sp³-hybridized carbons (Fsp3) is 0.368. The first-order valence-electron chi connectivity index (χ1n) is 7.64. The molecule has 0 heterocycles. The van der Waals surface area contributed by atoms with Gasteiger partial charge in [0.05, 0.1) is 0 Å². The van der Waals surface area contributed by atoms with Crippen molar-refractivity contribution in [2.24, 2.45) is 5.73 Å². The molecule has 2 atom stereocenters. The molecule has 0 radical (unpaired) electrons. The van der Waals surface area contributed by atoms with Gasteiger partial charge in [-0.25, -0.2) is 0 Å². The normalized spacial score (nSPS) is 19.4. The summed E-state index contributed by atoms with van der Waals surface area (Å²) in [6, 6.07) is 17.5. The Hall–Kier alpha value is -1.60. The van der Waals surface area contributed by atoms with E-state index in [-0.39, 0.29) is 6.04 Å². The first-order chi connectivity index (χ1) is 9.75. The second-order valence-electron chi connectivity index (χ2n) is 5.99. The third-order valence-electron chi connectivity index (χ3n) is 4.62. The molecule has 104 valence electrons. The van der Waals surface area contributed by atoms with E-state index in [1.165, 1.54) is 41.5 Å². The van der Waals surface area contributed by atoms with Gasteiger partial charge >= 0.3 is 0 Å². The van der Waals surface area contributed by atoms with Crippen LogP contribution in [0.4, 0.5) is 0 Å². The Bertz CT molecular complexity index is 588. The zero-order valence-corrected chi connectivity index (χ0v) is 12.2. The lowest BCUT2D eigenvalue weighted by Gasteiger charge is -2.28. The summed E-state index contributed by atoms with van der Waals surface area (Å²) in [6.07, 6.45) is 4.85. The van der Waals surface area contributed by atoms with E-state index >= 15 is 0 Å². The van der Waals surface area contributed by atoms with Crippen molar-refractivity contribution < 1.29 is 0 Å². The van der Waals surface area contributed by atoms with Crippen molar-refractivity contribution in [1.82, 2.24) is 0 Å². The van der Waals surface area contributed by atoms with Crippen LogP contribution in [0.25, 0.3) is 0 Å². The number of fused-ring (bicyclic) bond motifs is 1. The minimum atomic E-state index is 0.146. The van der Waals surface area contributed by atoms with Gasteiger partial charge in [-0.3, -0.25) is 0 Å². The van der Waals surface area contributed by atoms with Gasteiger partial charge in [-0.2, -0.15) is 0 Å². The molecule has 1 nitrogen and oxygen atoms in total. The zero-order valence-electron chi connectivity index (χ0n) is 12.2. The predicted octanol–water partition coefficient (Wildman–Crippen LogP) is 4.51. The maximum absolute atomic E-state index is 6.48. The van der Waals surface area contributed by atoms with Crippen LogP contribution in [-0.4, -0.2) is 0 Å². The topological polar surface area (TPSA) is 26.0 Å². The molecular formula is C19H23N. The van der Waals surface area contributed by atoms with Gasteiger partial charge in [-0.1, -0.05) is 48.5 Å². The Labute approximate surface area is 121 Å². The zero-order chi connectivity index (χ0) is 13.9. The second-order valence-corrected chi connectivity index (χ2v) is 5.99. The van der Waals surface area contributed by atoms with Crippen LogP contribution >= 0.6 is 0 Å². The lowest BCUT2D eigenvalue weighted by atomic mass is 9.78. The molecule has 0 saturated heterocycles. The lowest BCUT2D eigenvalue weighted by Crippen LogP contribution is -2.18. The van der Waals surface area contributed by atoms with Crippen LogP contribution in [0.15, 0.2) is 48.5 Å². The Morgan fingerprint density at radius 3 is 2.70 bits per heavy atom. The second kappa shape index (κ2) is 5.80. The molecule has 20 heavy (non-hydrogen) atoms. The molecule has 0 bridgehead atoms.